The normalized spacial score (nSPS) is 33.5. The Morgan fingerprint density at radius 2 is 2.33 bits per heavy atom. The van der Waals surface area contributed by atoms with Crippen LogP contribution in [0.25, 0.3) is 0 Å². The van der Waals surface area contributed by atoms with Crippen LogP contribution in [0.4, 0.5) is 0 Å². The molecule has 0 saturated carbocycles. The van der Waals surface area contributed by atoms with Crippen LogP contribution in [0.1, 0.15) is 19.6 Å². The van der Waals surface area contributed by atoms with E-state index in [-0.39, 0.29) is 23.9 Å². The highest BCUT2D eigenvalue weighted by Crippen LogP contribution is 2.52. The summed E-state index contributed by atoms with van der Waals surface area (Å²) in [7, 11) is 0. The summed E-state index contributed by atoms with van der Waals surface area (Å²) >= 11 is 0. The Morgan fingerprint density at radius 1 is 1.50 bits per heavy atom. The second-order valence-electron chi connectivity index (χ2n) is 7.20. The summed E-state index contributed by atoms with van der Waals surface area (Å²) in [5, 5.41) is 0. The summed E-state index contributed by atoms with van der Waals surface area (Å²) in [4.78, 5) is 27.1. The second-order valence-corrected chi connectivity index (χ2v) is 7.20. The molecule has 6 nitrogen and oxygen atoms in total. The summed E-state index contributed by atoms with van der Waals surface area (Å²) in [6, 6.07) is 3.63. The van der Waals surface area contributed by atoms with Gasteiger partial charge in [-0.25, -0.2) is 0 Å². The third-order valence-electron chi connectivity index (χ3n) is 4.94. The maximum atomic E-state index is 12.9. The van der Waals surface area contributed by atoms with Crippen molar-refractivity contribution in [3.05, 3.63) is 36.3 Å². The minimum Gasteiger partial charge on any atom is -0.467 e. The Bertz CT molecular complexity index is 680. The molecule has 1 aromatic rings. The quantitative estimate of drug-likeness (QED) is 0.607. The molecule has 128 valence electrons. The molecule has 0 unspecified atom stereocenters. The van der Waals surface area contributed by atoms with Crippen molar-refractivity contribution in [2.24, 2.45) is 17.8 Å². The molecule has 0 radical (unpaired) electrons. The van der Waals surface area contributed by atoms with E-state index in [1.54, 1.807) is 17.2 Å². The number of carbonyl (C=O) groups excluding carboxylic acids is 2. The lowest BCUT2D eigenvalue weighted by Crippen LogP contribution is -2.40. The lowest BCUT2D eigenvalue weighted by molar-refractivity contribution is -0.154. The third kappa shape index (κ3) is 2.28. The van der Waals surface area contributed by atoms with E-state index in [0.717, 1.165) is 5.76 Å². The van der Waals surface area contributed by atoms with Gasteiger partial charge in [-0.2, -0.15) is 0 Å². The molecule has 3 aliphatic rings. The number of fused-ring (bicyclic) bond motifs is 1. The van der Waals surface area contributed by atoms with Crippen molar-refractivity contribution in [3.8, 4) is 0 Å². The highest BCUT2D eigenvalue weighted by atomic mass is 16.6. The van der Waals surface area contributed by atoms with Crippen LogP contribution in [0.15, 0.2) is 35.0 Å². The summed E-state index contributed by atoms with van der Waals surface area (Å²) in [5.74, 6) is -0.474. The van der Waals surface area contributed by atoms with E-state index >= 15 is 0 Å². The lowest BCUT2D eigenvalue weighted by atomic mass is 9.77. The van der Waals surface area contributed by atoms with Gasteiger partial charge in [-0.3, -0.25) is 9.59 Å². The molecule has 3 aliphatic heterocycles. The molecule has 4 heterocycles. The number of hydrogen-bond acceptors (Lipinski definition) is 5. The smallest absolute Gasteiger partial charge is 0.312 e. The van der Waals surface area contributed by atoms with Crippen LogP contribution in [0.5, 0.6) is 0 Å². The van der Waals surface area contributed by atoms with E-state index in [0.29, 0.717) is 19.7 Å². The molecule has 0 aromatic carbocycles. The van der Waals surface area contributed by atoms with Gasteiger partial charge in [0.05, 0.1) is 38.0 Å². The second kappa shape index (κ2) is 5.48. The number of furan rings is 1. The molecule has 24 heavy (non-hydrogen) atoms. The zero-order valence-corrected chi connectivity index (χ0v) is 13.8. The van der Waals surface area contributed by atoms with E-state index in [1.165, 1.54) is 0 Å². The Hall–Kier alpha value is -2.08. The van der Waals surface area contributed by atoms with Crippen molar-refractivity contribution >= 4 is 11.9 Å². The average Bonchev–Trinajstić information content (AvgIpc) is 3.28. The zero-order valence-electron chi connectivity index (χ0n) is 13.8. The molecule has 0 aliphatic carbocycles. The number of amides is 1. The fourth-order valence-electron chi connectivity index (χ4n) is 3.92. The molecule has 4 atom stereocenters. The maximum Gasteiger partial charge on any atom is 0.312 e. The van der Waals surface area contributed by atoms with Gasteiger partial charge in [-0.1, -0.05) is 26.0 Å². The van der Waals surface area contributed by atoms with Crippen molar-refractivity contribution in [1.29, 1.82) is 0 Å². The molecule has 0 N–H and O–H groups in total. The highest BCUT2D eigenvalue weighted by molar-refractivity contribution is 5.91. The monoisotopic (exact) mass is 331 g/mol. The predicted octanol–water partition coefficient (Wildman–Crippen LogP) is 1.76. The first-order chi connectivity index (χ1) is 11.5. The number of esters is 1. The molecule has 1 spiro atoms. The van der Waals surface area contributed by atoms with E-state index in [9.17, 15) is 9.59 Å². The van der Waals surface area contributed by atoms with Gasteiger partial charge < -0.3 is 18.8 Å². The Balaban J connectivity index is 1.54. The summed E-state index contributed by atoms with van der Waals surface area (Å²) in [5.41, 5.74) is -0.699. The van der Waals surface area contributed by atoms with E-state index in [2.05, 4.69) is 0 Å². The van der Waals surface area contributed by atoms with Crippen molar-refractivity contribution in [2.75, 3.05) is 13.2 Å². The fourth-order valence-corrected chi connectivity index (χ4v) is 3.92. The molecule has 2 saturated heterocycles. The summed E-state index contributed by atoms with van der Waals surface area (Å²) < 4.78 is 16.8. The number of rotatable bonds is 5. The lowest BCUT2D eigenvalue weighted by Gasteiger charge is -2.23. The van der Waals surface area contributed by atoms with Gasteiger partial charge in [-0.05, 0) is 18.1 Å². The van der Waals surface area contributed by atoms with Gasteiger partial charge in [0.15, 0.2) is 0 Å². The Morgan fingerprint density at radius 3 is 3.04 bits per heavy atom. The molecule has 2 fully saturated rings. The first-order valence-corrected chi connectivity index (χ1v) is 8.35. The van der Waals surface area contributed by atoms with Gasteiger partial charge in [0.25, 0.3) is 0 Å². The predicted molar refractivity (Wildman–Crippen MR) is 83.6 cm³/mol. The Labute approximate surface area is 140 Å². The highest BCUT2D eigenvalue weighted by Gasteiger charge is 2.67. The van der Waals surface area contributed by atoms with Gasteiger partial charge in [0, 0.05) is 0 Å². The van der Waals surface area contributed by atoms with E-state index in [4.69, 9.17) is 13.9 Å². The van der Waals surface area contributed by atoms with Gasteiger partial charge in [0.2, 0.25) is 5.91 Å². The van der Waals surface area contributed by atoms with E-state index in [1.807, 2.05) is 32.1 Å². The summed E-state index contributed by atoms with van der Waals surface area (Å²) in [6.07, 6.45) is 5.06. The van der Waals surface area contributed by atoms with Crippen LogP contribution in [0.2, 0.25) is 0 Å². The molecule has 2 bridgehead atoms. The Kier molecular flexibility index (Phi) is 3.53. The number of ether oxygens (including phenoxy) is 2. The largest absolute Gasteiger partial charge is 0.467 e. The number of hydrogen-bond donors (Lipinski definition) is 0. The van der Waals surface area contributed by atoms with Gasteiger partial charge in [0.1, 0.15) is 17.3 Å². The first-order valence-electron chi connectivity index (χ1n) is 8.35. The van der Waals surface area contributed by atoms with Crippen molar-refractivity contribution in [2.45, 2.75) is 32.1 Å². The number of likely N-dealkylation sites (tertiary alicyclic amines) is 1. The molecule has 4 rings (SSSR count). The van der Waals surface area contributed by atoms with Crippen LogP contribution < -0.4 is 0 Å². The third-order valence-corrected chi connectivity index (χ3v) is 4.94. The van der Waals surface area contributed by atoms with Crippen LogP contribution >= 0.6 is 0 Å². The average molecular weight is 331 g/mol. The molecule has 1 aromatic heterocycles. The standard InChI is InChI=1S/C18H21NO5/c1-11(2)9-23-17(21)14-13-5-6-18(24-13)10-19(16(20)15(14)18)8-12-4-3-7-22-12/h3-7,11,13-15H,8-10H2,1-2H3/t13-,14+,15+,18-/m1/s1. The van der Waals surface area contributed by atoms with Crippen molar-refractivity contribution in [3.63, 3.8) is 0 Å². The topological polar surface area (TPSA) is 69.0 Å². The number of carbonyl (C=O) groups is 2. The van der Waals surface area contributed by atoms with Crippen LogP contribution in [0.3, 0.4) is 0 Å². The maximum absolute atomic E-state index is 12.9. The molecule has 6 heteroatoms. The van der Waals surface area contributed by atoms with E-state index < -0.39 is 17.4 Å². The van der Waals surface area contributed by atoms with Crippen LogP contribution in [-0.4, -0.2) is 41.6 Å². The minimum absolute atomic E-state index is 0.0650. The van der Waals surface area contributed by atoms with Crippen LogP contribution in [0, 0.1) is 17.8 Å². The van der Waals surface area contributed by atoms with Crippen molar-refractivity contribution in [1.82, 2.24) is 4.90 Å². The molecule has 1 amide bonds. The molecular formula is C18H21NO5. The fraction of sp³-hybridized carbons (Fsp3) is 0.556. The minimum atomic E-state index is -0.699. The summed E-state index contributed by atoms with van der Waals surface area (Å²) in [6.45, 7) is 5.16. The SMILES string of the molecule is CC(C)COC(=O)[C@@H]1[C@H]2C(=O)N(Cc3ccco3)C[C@]23C=C[C@H]1O3. The van der Waals surface area contributed by atoms with Gasteiger partial charge in [-0.15, -0.1) is 0 Å². The van der Waals surface area contributed by atoms with Gasteiger partial charge >= 0.3 is 5.97 Å². The molecular weight excluding hydrogens is 310 g/mol. The zero-order chi connectivity index (χ0) is 16.9. The van der Waals surface area contributed by atoms with Crippen LogP contribution in [-0.2, 0) is 25.6 Å². The first kappa shape index (κ1) is 15.4. The number of nitrogens with zero attached hydrogens (tertiary/aromatic N) is 1. The van der Waals surface area contributed by atoms with Crippen molar-refractivity contribution < 1.29 is 23.5 Å².